The fourth-order valence-corrected chi connectivity index (χ4v) is 3.49. The molecule has 0 aromatic carbocycles. The van der Waals surface area contributed by atoms with Gasteiger partial charge in [-0.2, -0.15) is 0 Å². The van der Waals surface area contributed by atoms with E-state index in [4.69, 9.17) is 4.74 Å². The number of thiophene rings is 1. The molecule has 1 aliphatic heterocycles. The molecule has 0 saturated carbocycles. The molecule has 0 saturated heterocycles. The van der Waals surface area contributed by atoms with E-state index >= 15 is 0 Å². The summed E-state index contributed by atoms with van der Waals surface area (Å²) in [5, 5.41) is 10.5. The summed E-state index contributed by atoms with van der Waals surface area (Å²) in [6, 6.07) is 3.78. The van der Waals surface area contributed by atoms with Crippen LogP contribution in [-0.4, -0.2) is 46.1 Å². The van der Waals surface area contributed by atoms with Crippen LogP contribution in [0.5, 0.6) is 0 Å². The first kappa shape index (κ1) is 15.9. The van der Waals surface area contributed by atoms with Gasteiger partial charge in [-0.1, -0.05) is 11.3 Å². The van der Waals surface area contributed by atoms with Crippen molar-refractivity contribution in [3.8, 4) is 0 Å². The molecule has 23 heavy (non-hydrogen) atoms. The summed E-state index contributed by atoms with van der Waals surface area (Å²) in [7, 11) is 1.64. The van der Waals surface area contributed by atoms with Gasteiger partial charge in [0.1, 0.15) is 11.7 Å². The lowest BCUT2D eigenvalue weighted by Gasteiger charge is -2.33. The van der Waals surface area contributed by atoms with Gasteiger partial charge in [-0.05, 0) is 24.4 Å². The van der Waals surface area contributed by atoms with Crippen molar-refractivity contribution in [3.05, 3.63) is 39.9 Å². The first-order valence-corrected chi connectivity index (χ1v) is 8.56. The van der Waals surface area contributed by atoms with Gasteiger partial charge in [0.2, 0.25) is 5.91 Å². The number of aryl methyl sites for hydroxylation is 1. The van der Waals surface area contributed by atoms with Gasteiger partial charge < -0.3 is 9.64 Å². The highest BCUT2D eigenvalue weighted by Crippen LogP contribution is 2.28. The Bertz CT molecular complexity index is 693. The first-order valence-electron chi connectivity index (χ1n) is 7.68. The second-order valence-corrected chi connectivity index (χ2v) is 6.32. The van der Waals surface area contributed by atoms with Crippen molar-refractivity contribution in [2.24, 2.45) is 0 Å². The van der Waals surface area contributed by atoms with Gasteiger partial charge in [0, 0.05) is 37.6 Å². The van der Waals surface area contributed by atoms with Crippen molar-refractivity contribution >= 4 is 23.3 Å². The molecule has 3 rings (SSSR count). The number of carbonyl (C=O) groups excluding carboxylic acids is 1. The lowest BCUT2D eigenvalue weighted by molar-refractivity contribution is -0.130. The minimum Gasteiger partial charge on any atom is -0.382 e. The van der Waals surface area contributed by atoms with Gasteiger partial charge in [-0.15, -0.1) is 16.4 Å². The van der Waals surface area contributed by atoms with Crippen molar-refractivity contribution in [1.29, 1.82) is 0 Å². The molecular formula is C16H20N4O2S. The number of rotatable bonds is 5. The SMILES string of the molecule is CCn1nnc2c1CCN(C(=O)/C=C/c1cccs1)[C@@H]2COC. The monoisotopic (exact) mass is 332 g/mol. The van der Waals surface area contributed by atoms with Crippen LogP contribution in [0.3, 0.4) is 0 Å². The van der Waals surface area contributed by atoms with Crippen molar-refractivity contribution in [2.75, 3.05) is 20.3 Å². The maximum atomic E-state index is 12.6. The van der Waals surface area contributed by atoms with Crippen LogP contribution in [0.4, 0.5) is 0 Å². The molecule has 122 valence electrons. The minimum absolute atomic E-state index is 0.0165. The van der Waals surface area contributed by atoms with Gasteiger partial charge in [-0.3, -0.25) is 4.79 Å². The highest BCUT2D eigenvalue weighted by atomic mass is 32.1. The van der Waals surface area contributed by atoms with E-state index in [2.05, 4.69) is 10.3 Å². The molecule has 2 aromatic heterocycles. The molecule has 0 bridgehead atoms. The second kappa shape index (κ2) is 7.06. The summed E-state index contributed by atoms with van der Waals surface area (Å²) >= 11 is 1.61. The Hall–Kier alpha value is -1.99. The summed E-state index contributed by atoms with van der Waals surface area (Å²) in [5.41, 5.74) is 1.97. The summed E-state index contributed by atoms with van der Waals surface area (Å²) in [4.78, 5) is 15.5. The van der Waals surface area contributed by atoms with Gasteiger partial charge >= 0.3 is 0 Å². The van der Waals surface area contributed by atoms with Crippen LogP contribution in [0, 0.1) is 0 Å². The Morgan fingerprint density at radius 3 is 3.13 bits per heavy atom. The molecule has 6 nitrogen and oxygen atoms in total. The van der Waals surface area contributed by atoms with Crippen LogP contribution < -0.4 is 0 Å². The van der Waals surface area contributed by atoms with E-state index in [0.29, 0.717) is 13.2 Å². The third-order valence-electron chi connectivity index (χ3n) is 3.99. The molecule has 1 atom stereocenters. The lowest BCUT2D eigenvalue weighted by atomic mass is 10.0. The van der Waals surface area contributed by atoms with Crippen LogP contribution in [0.2, 0.25) is 0 Å². The summed E-state index contributed by atoms with van der Waals surface area (Å²) in [6.07, 6.45) is 4.26. The van der Waals surface area contributed by atoms with Crippen LogP contribution >= 0.6 is 11.3 Å². The predicted molar refractivity (Wildman–Crippen MR) is 89.1 cm³/mol. The minimum atomic E-state index is -0.176. The Balaban J connectivity index is 1.82. The van der Waals surface area contributed by atoms with Gasteiger partial charge in [0.25, 0.3) is 0 Å². The molecule has 0 aliphatic carbocycles. The third kappa shape index (κ3) is 3.20. The Kier molecular flexibility index (Phi) is 4.88. The predicted octanol–water partition coefficient (Wildman–Crippen LogP) is 2.15. The van der Waals surface area contributed by atoms with Crippen molar-refractivity contribution < 1.29 is 9.53 Å². The van der Waals surface area contributed by atoms with E-state index < -0.39 is 0 Å². The molecule has 0 fully saturated rings. The van der Waals surface area contributed by atoms with E-state index in [9.17, 15) is 4.79 Å². The number of amides is 1. The quantitative estimate of drug-likeness (QED) is 0.787. The summed E-state index contributed by atoms with van der Waals surface area (Å²) in [6.45, 7) is 3.91. The second-order valence-electron chi connectivity index (χ2n) is 5.34. The Morgan fingerprint density at radius 2 is 2.43 bits per heavy atom. The molecule has 0 unspecified atom stereocenters. The van der Waals surface area contributed by atoms with Crippen LogP contribution in [0.1, 0.15) is 29.2 Å². The zero-order valence-electron chi connectivity index (χ0n) is 13.3. The first-order chi connectivity index (χ1) is 11.2. The fraction of sp³-hybridized carbons (Fsp3) is 0.438. The fourth-order valence-electron chi connectivity index (χ4n) is 2.87. The molecule has 0 spiro atoms. The van der Waals surface area contributed by atoms with Crippen molar-refractivity contribution in [2.45, 2.75) is 25.9 Å². The highest BCUT2D eigenvalue weighted by molar-refractivity contribution is 7.10. The highest BCUT2D eigenvalue weighted by Gasteiger charge is 2.33. The average Bonchev–Trinajstić information content (AvgIpc) is 3.22. The molecular weight excluding hydrogens is 312 g/mol. The van der Waals surface area contributed by atoms with Gasteiger partial charge in [0.05, 0.1) is 12.3 Å². The largest absolute Gasteiger partial charge is 0.382 e. The smallest absolute Gasteiger partial charge is 0.247 e. The third-order valence-corrected chi connectivity index (χ3v) is 4.83. The zero-order valence-corrected chi connectivity index (χ0v) is 14.1. The van der Waals surface area contributed by atoms with Crippen molar-refractivity contribution in [3.63, 3.8) is 0 Å². The standard InChI is InChI=1S/C16H20N4O2S/c1-3-20-13-8-9-19(14(11-22-2)16(13)17-18-20)15(21)7-6-12-5-4-10-23-12/h4-7,10,14H,3,8-9,11H2,1-2H3/b7-6+/t14-/m1/s1. The number of fused-ring (bicyclic) bond motifs is 1. The van der Waals surface area contributed by atoms with Gasteiger partial charge in [0.15, 0.2) is 0 Å². The molecule has 7 heteroatoms. The van der Waals surface area contributed by atoms with E-state index in [0.717, 1.165) is 29.2 Å². The maximum Gasteiger partial charge on any atom is 0.247 e. The van der Waals surface area contributed by atoms with E-state index in [1.165, 1.54) is 0 Å². The Morgan fingerprint density at radius 1 is 1.57 bits per heavy atom. The normalized spacial score (nSPS) is 17.7. The van der Waals surface area contributed by atoms with E-state index in [-0.39, 0.29) is 11.9 Å². The van der Waals surface area contributed by atoms with Crippen LogP contribution in [0.15, 0.2) is 23.6 Å². The summed E-state index contributed by atoms with van der Waals surface area (Å²) in [5.74, 6) is -0.0165. The number of nitrogens with zero attached hydrogens (tertiary/aromatic N) is 4. The number of ether oxygens (including phenoxy) is 1. The number of methoxy groups -OCH3 is 1. The van der Waals surface area contributed by atoms with Crippen LogP contribution in [-0.2, 0) is 22.5 Å². The Labute approximate surface area is 139 Å². The molecule has 2 aromatic rings. The van der Waals surface area contributed by atoms with Crippen molar-refractivity contribution in [1.82, 2.24) is 19.9 Å². The molecule has 0 radical (unpaired) electrons. The maximum absolute atomic E-state index is 12.6. The number of hydrogen-bond donors (Lipinski definition) is 0. The number of aromatic nitrogens is 3. The number of carbonyl (C=O) groups is 1. The summed E-state index contributed by atoms with van der Waals surface area (Å²) < 4.78 is 7.22. The molecule has 1 aliphatic rings. The van der Waals surface area contributed by atoms with E-state index in [1.54, 1.807) is 24.5 Å². The zero-order chi connectivity index (χ0) is 16.2. The lowest BCUT2D eigenvalue weighted by Crippen LogP contribution is -2.41. The van der Waals surface area contributed by atoms with Gasteiger partial charge in [-0.25, -0.2) is 4.68 Å². The van der Waals surface area contributed by atoms with E-state index in [1.807, 2.05) is 40.1 Å². The topological polar surface area (TPSA) is 60.2 Å². The molecule has 3 heterocycles. The molecule has 0 N–H and O–H groups in total. The van der Waals surface area contributed by atoms with Crippen LogP contribution in [0.25, 0.3) is 6.08 Å². The molecule has 1 amide bonds. The average molecular weight is 332 g/mol. The number of hydrogen-bond acceptors (Lipinski definition) is 5.